The van der Waals surface area contributed by atoms with Crippen molar-refractivity contribution in [3.8, 4) is 0 Å². The second-order valence-electron chi connectivity index (χ2n) is 5.31. The van der Waals surface area contributed by atoms with E-state index >= 15 is 0 Å². The van der Waals surface area contributed by atoms with Crippen LogP contribution in [0.2, 0.25) is 0 Å². The van der Waals surface area contributed by atoms with Gasteiger partial charge < -0.3 is 10.1 Å². The van der Waals surface area contributed by atoms with E-state index in [1.165, 1.54) is 24.8 Å². The van der Waals surface area contributed by atoms with Crippen LogP contribution >= 0.6 is 0 Å². The highest BCUT2D eigenvalue weighted by molar-refractivity contribution is 5.33. The fourth-order valence-electron chi connectivity index (χ4n) is 2.87. The summed E-state index contributed by atoms with van der Waals surface area (Å²) < 4.78 is 5.27. The molecule has 1 aliphatic rings. The van der Waals surface area contributed by atoms with E-state index in [9.17, 15) is 0 Å². The van der Waals surface area contributed by atoms with Gasteiger partial charge in [0.2, 0.25) is 0 Å². The van der Waals surface area contributed by atoms with E-state index in [2.05, 4.69) is 42.6 Å². The van der Waals surface area contributed by atoms with Crippen molar-refractivity contribution in [1.82, 2.24) is 5.32 Å². The number of methoxy groups -OCH3 is 1. The third kappa shape index (κ3) is 2.93. The van der Waals surface area contributed by atoms with Gasteiger partial charge in [0.25, 0.3) is 0 Å². The SMILES string of the molecule is CCCNC(CCOC)C1(c2ccccc2)CC1. The molecular weight excluding hydrogens is 222 g/mol. The average molecular weight is 247 g/mol. The standard InChI is InChI=1S/C16H25NO/c1-3-12-17-15(9-13-18-2)16(10-11-16)14-7-5-4-6-8-14/h4-8,15,17H,3,9-13H2,1-2H3. The molecule has 0 amide bonds. The van der Waals surface area contributed by atoms with Gasteiger partial charge in [-0.15, -0.1) is 0 Å². The van der Waals surface area contributed by atoms with Crippen LogP contribution in [0.15, 0.2) is 30.3 Å². The molecule has 1 N–H and O–H groups in total. The fraction of sp³-hybridized carbons (Fsp3) is 0.625. The van der Waals surface area contributed by atoms with Crippen LogP contribution in [0, 0.1) is 0 Å². The average Bonchev–Trinajstić information content (AvgIpc) is 3.21. The minimum absolute atomic E-state index is 0.370. The van der Waals surface area contributed by atoms with E-state index in [0.717, 1.165) is 19.6 Å². The van der Waals surface area contributed by atoms with Gasteiger partial charge in [-0.25, -0.2) is 0 Å². The van der Waals surface area contributed by atoms with Crippen molar-refractivity contribution in [3.63, 3.8) is 0 Å². The summed E-state index contributed by atoms with van der Waals surface area (Å²) in [5.41, 5.74) is 1.87. The van der Waals surface area contributed by atoms with E-state index in [0.29, 0.717) is 11.5 Å². The summed E-state index contributed by atoms with van der Waals surface area (Å²) in [5.74, 6) is 0. The summed E-state index contributed by atoms with van der Waals surface area (Å²) in [6, 6.07) is 11.5. The molecule has 0 aromatic heterocycles. The molecule has 18 heavy (non-hydrogen) atoms. The first-order valence-corrected chi connectivity index (χ1v) is 7.11. The molecule has 1 fully saturated rings. The van der Waals surface area contributed by atoms with E-state index in [1.54, 1.807) is 7.11 Å². The Morgan fingerprint density at radius 3 is 2.56 bits per heavy atom. The number of hydrogen-bond acceptors (Lipinski definition) is 2. The van der Waals surface area contributed by atoms with Gasteiger partial charge in [-0.2, -0.15) is 0 Å². The normalized spacial score (nSPS) is 18.6. The number of benzene rings is 1. The molecule has 1 aliphatic carbocycles. The van der Waals surface area contributed by atoms with Crippen molar-refractivity contribution in [1.29, 1.82) is 0 Å². The molecule has 0 aliphatic heterocycles. The number of hydrogen-bond donors (Lipinski definition) is 1. The monoisotopic (exact) mass is 247 g/mol. The minimum Gasteiger partial charge on any atom is -0.385 e. The molecule has 100 valence electrons. The predicted molar refractivity (Wildman–Crippen MR) is 75.9 cm³/mol. The summed E-state index contributed by atoms with van der Waals surface area (Å²) in [5, 5.41) is 3.73. The van der Waals surface area contributed by atoms with E-state index in [4.69, 9.17) is 4.74 Å². The molecule has 1 unspecified atom stereocenters. The van der Waals surface area contributed by atoms with Crippen molar-refractivity contribution in [2.45, 2.75) is 44.1 Å². The first-order chi connectivity index (χ1) is 8.83. The minimum atomic E-state index is 0.370. The van der Waals surface area contributed by atoms with Gasteiger partial charge in [-0.05, 0) is 37.8 Å². The molecule has 0 spiro atoms. The highest BCUT2D eigenvalue weighted by Gasteiger charge is 2.49. The Morgan fingerprint density at radius 1 is 1.28 bits per heavy atom. The summed E-state index contributed by atoms with van der Waals surface area (Å²) in [7, 11) is 1.79. The van der Waals surface area contributed by atoms with Crippen molar-refractivity contribution < 1.29 is 4.74 Å². The predicted octanol–water partition coefficient (Wildman–Crippen LogP) is 3.12. The third-order valence-corrected chi connectivity index (χ3v) is 4.06. The zero-order valence-electron chi connectivity index (χ0n) is 11.6. The molecule has 1 saturated carbocycles. The fourth-order valence-corrected chi connectivity index (χ4v) is 2.87. The van der Waals surface area contributed by atoms with E-state index in [-0.39, 0.29) is 0 Å². The summed E-state index contributed by atoms with van der Waals surface area (Å²) in [6.45, 7) is 4.17. The first-order valence-electron chi connectivity index (χ1n) is 7.11. The largest absolute Gasteiger partial charge is 0.385 e. The Labute approximate surface area is 111 Å². The number of ether oxygens (including phenoxy) is 1. The first kappa shape index (κ1) is 13.6. The maximum absolute atomic E-state index is 5.27. The molecular formula is C16H25NO. The molecule has 2 heteroatoms. The highest BCUT2D eigenvalue weighted by Crippen LogP contribution is 2.51. The highest BCUT2D eigenvalue weighted by atomic mass is 16.5. The molecule has 0 bridgehead atoms. The Hall–Kier alpha value is -0.860. The van der Waals surface area contributed by atoms with Crippen LogP contribution in [0.5, 0.6) is 0 Å². The van der Waals surface area contributed by atoms with Gasteiger partial charge >= 0.3 is 0 Å². The van der Waals surface area contributed by atoms with Crippen LogP contribution in [0.4, 0.5) is 0 Å². The Kier molecular flexibility index (Phi) is 4.79. The summed E-state index contributed by atoms with van der Waals surface area (Å²) in [4.78, 5) is 0. The van der Waals surface area contributed by atoms with Gasteiger partial charge in [-0.3, -0.25) is 0 Å². The van der Waals surface area contributed by atoms with Crippen LogP contribution in [-0.2, 0) is 10.2 Å². The summed E-state index contributed by atoms with van der Waals surface area (Å²) in [6.07, 6.45) is 4.91. The maximum atomic E-state index is 5.27. The number of nitrogens with one attached hydrogen (secondary N) is 1. The molecule has 0 saturated heterocycles. The molecule has 0 heterocycles. The van der Waals surface area contributed by atoms with Gasteiger partial charge in [0, 0.05) is 25.2 Å². The van der Waals surface area contributed by atoms with Crippen LogP contribution in [0.1, 0.15) is 38.2 Å². The molecule has 2 nitrogen and oxygen atoms in total. The Balaban J connectivity index is 2.08. The zero-order chi connectivity index (χ0) is 12.8. The van der Waals surface area contributed by atoms with Crippen molar-refractivity contribution in [2.24, 2.45) is 0 Å². The van der Waals surface area contributed by atoms with Crippen LogP contribution < -0.4 is 5.32 Å². The van der Waals surface area contributed by atoms with E-state index < -0.39 is 0 Å². The van der Waals surface area contributed by atoms with Crippen LogP contribution in [-0.4, -0.2) is 26.3 Å². The molecule has 2 rings (SSSR count). The zero-order valence-corrected chi connectivity index (χ0v) is 11.6. The Bertz CT molecular complexity index is 337. The van der Waals surface area contributed by atoms with Crippen LogP contribution in [0.25, 0.3) is 0 Å². The van der Waals surface area contributed by atoms with Crippen molar-refractivity contribution in [2.75, 3.05) is 20.3 Å². The quantitative estimate of drug-likeness (QED) is 0.762. The Morgan fingerprint density at radius 2 is 2.00 bits per heavy atom. The van der Waals surface area contributed by atoms with Gasteiger partial charge in [0.1, 0.15) is 0 Å². The molecule has 0 radical (unpaired) electrons. The lowest BCUT2D eigenvalue weighted by molar-refractivity contribution is 0.175. The lowest BCUT2D eigenvalue weighted by Crippen LogP contribution is -2.41. The molecule has 1 aromatic carbocycles. The smallest absolute Gasteiger partial charge is 0.0477 e. The summed E-state index contributed by atoms with van der Waals surface area (Å²) >= 11 is 0. The number of rotatable bonds is 8. The van der Waals surface area contributed by atoms with Gasteiger partial charge in [0.15, 0.2) is 0 Å². The lowest BCUT2D eigenvalue weighted by Gasteiger charge is -2.28. The maximum Gasteiger partial charge on any atom is 0.0477 e. The van der Waals surface area contributed by atoms with Gasteiger partial charge in [-0.1, -0.05) is 37.3 Å². The molecule has 1 atom stereocenters. The van der Waals surface area contributed by atoms with Crippen molar-refractivity contribution >= 4 is 0 Å². The van der Waals surface area contributed by atoms with Crippen molar-refractivity contribution in [3.05, 3.63) is 35.9 Å². The lowest BCUT2D eigenvalue weighted by atomic mass is 9.86. The van der Waals surface area contributed by atoms with E-state index in [1.807, 2.05) is 0 Å². The second-order valence-corrected chi connectivity index (χ2v) is 5.31. The second kappa shape index (κ2) is 6.35. The topological polar surface area (TPSA) is 21.3 Å². The van der Waals surface area contributed by atoms with Crippen LogP contribution in [0.3, 0.4) is 0 Å². The van der Waals surface area contributed by atoms with Gasteiger partial charge in [0.05, 0.1) is 0 Å². The third-order valence-electron chi connectivity index (χ3n) is 4.06. The molecule has 1 aromatic rings.